The summed E-state index contributed by atoms with van der Waals surface area (Å²) in [5.41, 5.74) is 2.56. The van der Waals surface area contributed by atoms with E-state index in [-0.39, 0.29) is 22.1 Å². The molecule has 5 rings (SSSR count). The molecule has 8 heteroatoms. The van der Waals surface area contributed by atoms with Gasteiger partial charge in [-0.05, 0) is 36.8 Å². The first-order valence-corrected chi connectivity index (χ1v) is 11.7. The van der Waals surface area contributed by atoms with E-state index in [0.29, 0.717) is 49.7 Å². The van der Waals surface area contributed by atoms with Crippen molar-refractivity contribution in [1.82, 2.24) is 9.47 Å². The van der Waals surface area contributed by atoms with Crippen molar-refractivity contribution >= 4 is 17.7 Å². The van der Waals surface area contributed by atoms with Gasteiger partial charge in [-0.3, -0.25) is 9.59 Å². The molecule has 1 aromatic heterocycles. The first-order valence-electron chi connectivity index (χ1n) is 10.8. The van der Waals surface area contributed by atoms with E-state index in [1.165, 1.54) is 23.9 Å². The second kappa shape index (κ2) is 8.76. The van der Waals surface area contributed by atoms with Crippen LogP contribution in [0.1, 0.15) is 32.6 Å². The molecule has 3 heterocycles. The van der Waals surface area contributed by atoms with Crippen LogP contribution in [-0.2, 0) is 11.2 Å². The highest BCUT2D eigenvalue weighted by Crippen LogP contribution is 2.44. The fraction of sp³-hybridized carbons (Fsp3) is 0.280. The molecule has 1 amide bonds. The Hall–Kier alpha value is -2.97. The number of morpholine rings is 1. The Kier molecular flexibility index (Phi) is 5.80. The number of rotatable bonds is 2. The minimum atomic E-state index is -0.920. The summed E-state index contributed by atoms with van der Waals surface area (Å²) in [7, 11) is 0. The average molecular weight is 469 g/mol. The molecule has 1 fully saturated rings. The Bertz CT molecular complexity index is 1300. The lowest BCUT2D eigenvalue weighted by atomic mass is 10.0. The van der Waals surface area contributed by atoms with Crippen molar-refractivity contribution in [3.05, 3.63) is 92.9 Å². The molecule has 33 heavy (non-hydrogen) atoms. The number of amides is 1. The van der Waals surface area contributed by atoms with Crippen LogP contribution in [-0.4, -0.2) is 41.7 Å². The zero-order valence-electron chi connectivity index (χ0n) is 18.0. The number of halogens is 2. The molecule has 3 aromatic rings. The van der Waals surface area contributed by atoms with Crippen LogP contribution < -0.4 is 5.43 Å². The zero-order valence-corrected chi connectivity index (χ0v) is 18.8. The predicted molar refractivity (Wildman–Crippen MR) is 122 cm³/mol. The SMILES string of the molecule is Cc1cc(=O)c(C(=O)N2CCOCC2)c2n1-c1ccccc1S[C@@H](c1ccc(F)c(F)c1)C2. The fourth-order valence-corrected chi connectivity index (χ4v) is 5.75. The van der Waals surface area contributed by atoms with Gasteiger partial charge >= 0.3 is 0 Å². The first kappa shape index (κ1) is 21.9. The number of pyridine rings is 1. The zero-order chi connectivity index (χ0) is 23.1. The highest BCUT2D eigenvalue weighted by molar-refractivity contribution is 7.99. The average Bonchev–Trinajstić information content (AvgIpc) is 2.98. The maximum Gasteiger partial charge on any atom is 0.259 e. The van der Waals surface area contributed by atoms with Gasteiger partial charge in [0.1, 0.15) is 5.56 Å². The van der Waals surface area contributed by atoms with E-state index >= 15 is 0 Å². The Morgan fingerprint density at radius 2 is 1.82 bits per heavy atom. The maximum absolute atomic E-state index is 14.1. The van der Waals surface area contributed by atoms with Gasteiger partial charge in [0, 0.05) is 47.1 Å². The molecule has 170 valence electrons. The minimum Gasteiger partial charge on any atom is -0.378 e. The molecule has 0 aliphatic carbocycles. The summed E-state index contributed by atoms with van der Waals surface area (Å²) >= 11 is 1.52. The van der Waals surface area contributed by atoms with Gasteiger partial charge in [-0.15, -0.1) is 11.8 Å². The van der Waals surface area contributed by atoms with Gasteiger partial charge in [-0.1, -0.05) is 18.2 Å². The molecule has 0 bridgehead atoms. The lowest BCUT2D eigenvalue weighted by Gasteiger charge is -2.28. The van der Waals surface area contributed by atoms with E-state index in [4.69, 9.17) is 4.74 Å². The molecule has 5 nitrogen and oxygen atoms in total. The predicted octanol–water partition coefficient (Wildman–Crippen LogP) is 4.29. The lowest BCUT2D eigenvalue weighted by Crippen LogP contribution is -2.43. The third-order valence-corrected chi connectivity index (χ3v) is 7.40. The molecule has 0 saturated carbocycles. The highest BCUT2D eigenvalue weighted by Gasteiger charge is 2.31. The quantitative estimate of drug-likeness (QED) is 0.563. The van der Waals surface area contributed by atoms with Crippen molar-refractivity contribution in [2.45, 2.75) is 23.5 Å². The number of aryl methyl sites for hydroxylation is 1. The van der Waals surface area contributed by atoms with Crippen molar-refractivity contribution in [2.75, 3.05) is 26.3 Å². The number of fused-ring (bicyclic) bond motifs is 3. The summed E-state index contributed by atoms with van der Waals surface area (Å²) in [5.74, 6) is -2.15. The largest absolute Gasteiger partial charge is 0.378 e. The highest BCUT2D eigenvalue weighted by atomic mass is 32.2. The van der Waals surface area contributed by atoms with Crippen molar-refractivity contribution in [1.29, 1.82) is 0 Å². The van der Waals surface area contributed by atoms with Crippen LogP contribution in [0.3, 0.4) is 0 Å². The molecular formula is C25H22F2N2O3S. The van der Waals surface area contributed by atoms with Gasteiger partial charge in [0.2, 0.25) is 0 Å². The molecular weight excluding hydrogens is 446 g/mol. The fourth-order valence-electron chi connectivity index (χ4n) is 4.49. The van der Waals surface area contributed by atoms with Gasteiger partial charge in [-0.25, -0.2) is 8.78 Å². The van der Waals surface area contributed by atoms with E-state index in [2.05, 4.69) is 0 Å². The van der Waals surface area contributed by atoms with Gasteiger partial charge in [0.05, 0.1) is 18.9 Å². The van der Waals surface area contributed by atoms with Gasteiger partial charge < -0.3 is 14.2 Å². The molecule has 2 aromatic carbocycles. The van der Waals surface area contributed by atoms with E-state index in [1.807, 2.05) is 35.8 Å². The normalized spacial score (nSPS) is 17.8. The standard InChI is InChI=1S/C25H22F2N2O3S/c1-15-12-21(30)24(25(31)28-8-10-32-11-9-28)20-14-23(16-6-7-17(26)18(27)13-16)33-22-5-3-2-4-19(22)29(15)20/h2-7,12-13,23H,8-11,14H2,1H3/t23-/m1/s1. The topological polar surface area (TPSA) is 51.5 Å². The number of carbonyl (C=O) groups excluding carboxylic acids is 1. The van der Waals surface area contributed by atoms with Crippen molar-refractivity contribution in [2.24, 2.45) is 0 Å². The number of ether oxygens (including phenoxy) is 1. The van der Waals surface area contributed by atoms with E-state index in [1.54, 1.807) is 11.0 Å². The molecule has 2 aliphatic heterocycles. The molecule has 0 N–H and O–H groups in total. The van der Waals surface area contributed by atoms with Crippen LogP contribution in [0.15, 0.2) is 58.2 Å². The van der Waals surface area contributed by atoms with Gasteiger partial charge in [0.25, 0.3) is 5.91 Å². The number of benzene rings is 2. The Balaban J connectivity index is 1.72. The first-order chi connectivity index (χ1) is 15.9. The Labute approximate surface area is 194 Å². The lowest BCUT2D eigenvalue weighted by molar-refractivity contribution is 0.0300. The van der Waals surface area contributed by atoms with Crippen LogP contribution in [0.25, 0.3) is 5.69 Å². The number of nitrogens with zero attached hydrogens (tertiary/aromatic N) is 2. The summed E-state index contributed by atoms with van der Waals surface area (Å²) in [6, 6.07) is 13.1. The monoisotopic (exact) mass is 468 g/mol. The molecule has 1 saturated heterocycles. The summed E-state index contributed by atoms with van der Waals surface area (Å²) < 4.78 is 35.0. The number of carbonyl (C=O) groups is 1. The van der Waals surface area contributed by atoms with Gasteiger partial charge in [0.15, 0.2) is 17.1 Å². The number of aromatic nitrogens is 1. The summed E-state index contributed by atoms with van der Waals surface area (Å²) in [4.78, 5) is 29.2. The molecule has 1 atom stereocenters. The number of hydrogen-bond donors (Lipinski definition) is 0. The van der Waals surface area contributed by atoms with Crippen LogP contribution in [0.2, 0.25) is 0 Å². The minimum absolute atomic E-state index is 0.132. The second-order valence-corrected chi connectivity index (χ2v) is 9.41. The van der Waals surface area contributed by atoms with Crippen LogP contribution >= 0.6 is 11.8 Å². The Morgan fingerprint density at radius 3 is 2.58 bits per heavy atom. The third-order valence-electron chi connectivity index (χ3n) is 6.08. The number of para-hydroxylation sites is 1. The van der Waals surface area contributed by atoms with E-state index in [9.17, 15) is 18.4 Å². The van der Waals surface area contributed by atoms with Crippen molar-refractivity contribution in [3.63, 3.8) is 0 Å². The Morgan fingerprint density at radius 1 is 1.06 bits per heavy atom. The summed E-state index contributed by atoms with van der Waals surface area (Å²) in [6.07, 6.45) is 0.312. The molecule has 2 aliphatic rings. The molecule has 0 unspecified atom stereocenters. The number of thioether (sulfide) groups is 1. The van der Waals surface area contributed by atoms with E-state index < -0.39 is 11.6 Å². The third kappa shape index (κ3) is 3.98. The molecule has 0 spiro atoms. The van der Waals surface area contributed by atoms with E-state index in [0.717, 1.165) is 16.6 Å². The maximum atomic E-state index is 14.1. The molecule has 0 radical (unpaired) electrons. The van der Waals surface area contributed by atoms with Gasteiger partial charge in [-0.2, -0.15) is 0 Å². The summed E-state index contributed by atoms with van der Waals surface area (Å²) in [5, 5.41) is -0.313. The van der Waals surface area contributed by atoms with Crippen LogP contribution in [0.5, 0.6) is 0 Å². The second-order valence-electron chi connectivity index (χ2n) is 8.16. The van der Waals surface area contributed by atoms with Crippen molar-refractivity contribution in [3.8, 4) is 5.69 Å². The van der Waals surface area contributed by atoms with Crippen LogP contribution in [0, 0.1) is 18.6 Å². The van der Waals surface area contributed by atoms with Crippen LogP contribution in [0.4, 0.5) is 8.78 Å². The smallest absolute Gasteiger partial charge is 0.259 e. The number of hydrogen-bond acceptors (Lipinski definition) is 4. The van der Waals surface area contributed by atoms with Crippen molar-refractivity contribution < 1.29 is 18.3 Å². The summed E-state index contributed by atoms with van der Waals surface area (Å²) in [6.45, 7) is 3.54.